The highest BCUT2D eigenvalue weighted by atomic mass is 79.9. The predicted octanol–water partition coefficient (Wildman–Crippen LogP) is 3.02. The third-order valence-corrected chi connectivity index (χ3v) is 5.23. The first-order chi connectivity index (χ1) is 9.72. The zero-order valence-corrected chi connectivity index (χ0v) is 15.1. The topological polar surface area (TPSA) is 58.2 Å². The monoisotopic (exact) mass is 380 g/mol. The van der Waals surface area contributed by atoms with Gasteiger partial charge in [0.1, 0.15) is 10.7 Å². The van der Waals surface area contributed by atoms with Gasteiger partial charge in [0.05, 0.1) is 0 Å². The Bertz CT molecular complexity index is 591. The molecule has 1 aromatic rings. The average molecular weight is 381 g/mol. The molecule has 1 rings (SSSR count). The molecular formula is C14H22BrFN2O2S. The van der Waals surface area contributed by atoms with E-state index in [9.17, 15) is 12.8 Å². The Morgan fingerprint density at radius 3 is 2.43 bits per heavy atom. The second kappa shape index (κ2) is 7.67. The molecule has 0 aromatic heterocycles. The number of hydrogen-bond donors (Lipinski definition) is 2. The maximum Gasteiger partial charge on any atom is 0.243 e. The number of nitrogens with one attached hydrogen (secondary N) is 2. The number of halogens is 2. The second-order valence-electron chi connectivity index (χ2n) is 5.29. The van der Waals surface area contributed by atoms with Gasteiger partial charge < -0.3 is 5.32 Å². The Labute approximate surface area is 134 Å². The van der Waals surface area contributed by atoms with Crippen LogP contribution in [-0.4, -0.2) is 21.5 Å². The third-order valence-electron chi connectivity index (χ3n) is 3.29. The molecule has 21 heavy (non-hydrogen) atoms. The largest absolute Gasteiger partial charge is 0.316 e. The highest BCUT2D eigenvalue weighted by Crippen LogP contribution is 2.25. The van der Waals surface area contributed by atoms with Gasteiger partial charge in [-0.2, -0.15) is 0 Å². The van der Waals surface area contributed by atoms with Crippen molar-refractivity contribution in [2.75, 3.05) is 7.05 Å². The van der Waals surface area contributed by atoms with Crippen LogP contribution >= 0.6 is 15.9 Å². The summed E-state index contributed by atoms with van der Waals surface area (Å²) in [4.78, 5) is -0.318. The van der Waals surface area contributed by atoms with Crippen molar-refractivity contribution in [2.45, 2.75) is 44.7 Å². The zero-order chi connectivity index (χ0) is 16.2. The normalized spacial score (nSPS) is 13.7. The summed E-state index contributed by atoms with van der Waals surface area (Å²) in [5, 5.41) is 2.82. The fraction of sp³-hybridized carbons (Fsp3) is 0.571. The van der Waals surface area contributed by atoms with Crippen LogP contribution in [0.3, 0.4) is 0 Å². The minimum atomic E-state index is -3.89. The van der Waals surface area contributed by atoms with Gasteiger partial charge in [-0.15, -0.1) is 0 Å². The van der Waals surface area contributed by atoms with Crippen molar-refractivity contribution in [3.8, 4) is 0 Å². The Balaban J connectivity index is 3.25. The van der Waals surface area contributed by atoms with Crippen molar-refractivity contribution in [1.82, 2.24) is 10.0 Å². The lowest BCUT2D eigenvalue weighted by atomic mass is 10.0. The van der Waals surface area contributed by atoms with Gasteiger partial charge in [-0.05, 0) is 31.5 Å². The molecule has 2 N–H and O–H groups in total. The molecule has 0 heterocycles. The van der Waals surface area contributed by atoms with Crippen LogP contribution in [0.4, 0.5) is 4.39 Å². The van der Waals surface area contributed by atoms with Gasteiger partial charge in [-0.1, -0.05) is 36.7 Å². The maximum atomic E-state index is 14.4. The minimum absolute atomic E-state index is 0.136. The number of benzene rings is 1. The minimum Gasteiger partial charge on any atom is -0.316 e. The summed E-state index contributed by atoms with van der Waals surface area (Å²) in [5.41, 5.74) is 0.310. The highest BCUT2D eigenvalue weighted by molar-refractivity contribution is 9.10. The molecule has 1 aromatic carbocycles. The van der Waals surface area contributed by atoms with Crippen LogP contribution in [0.2, 0.25) is 0 Å². The summed E-state index contributed by atoms with van der Waals surface area (Å²) in [6.45, 7) is 6.02. The van der Waals surface area contributed by atoms with Crippen LogP contribution in [0.5, 0.6) is 0 Å². The van der Waals surface area contributed by atoms with E-state index >= 15 is 0 Å². The van der Waals surface area contributed by atoms with Gasteiger partial charge in [0.2, 0.25) is 10.0 Å². The zero-order valence-electron chi connectivity index (χ0n) is 12.7. The third kappa shape index (κ3) is 4.74. The molecular weight excluding hydrogens is 359 g/mol. The van der Waals surface area contributed by atoms with Crippen LogP contribution in [-0.2, 0) is 16.6 Å². The quantitative estimate of drug-likeness (QED) is 0.764. The molecule has 0 fully saturated rings. The van der Waals surface area contributed by atoms with Gasteiger partial charge in [0, 0.05) is 22.6 Å². The molecule has 0 amide bonds. The van der Waals surface area contributed by atoms with Crippen molar-refractivity contribution in [3.05, 3.63) is 28.0 Å². The van der Waals surface area contributed by atoms with E-state index < -0.39 is 15.8 Å². The Morgan fingerprint density at radius 2 is 1.95 bits per heavy atom. The smallest absolute Gasteiger partial charge is 0.243 e. The van der Waals surface area contributed by atoms with Gasteiger partial charge in [0.15, 0.2) is 0 Å². The fourth-order valence-corrected chi connectivity index (χ4v) is 4.36. The molecule has 0 saturated heterocycles. The predicted molar refractivity (Wildman–Crippen MR) is 86.1 cm³/mol. The number of rotatable bonds is 7. The Hall–Kier alpha value is -0.500. The summed E-state index contributed by atoms with van der Waals surface area (Å²) in [6, 6.07) is 2.65. The van der Waals surface area contributed by atoms with E-state index in [0.717, 1.165) is 0 Å². The lowest BCUT2D eigenvalue weighted by Gasteiger charge is -2.21. The van der Waals surface area contributed by atoms with Crippen molar-refractivity contribution in [2.24, 2.45) is 5.92 Å². The summed E-state index contributed by atoms with van der Waals surface area (Å²) in [6.07, 6.45) is 0.649. The van der Waals surface area contributed by atoms with Gasteiger partial charge >= 0.3 is 0 Å². The molecule has 0 bridgehead atoms. The van der Waals surface area contributed by atoms with Gasteiger partial charge in [0.25, 0.3) is 0 Å². The Kier molecular flexibility index (Phi) is 6.77. The molecule has 0 aliphatic heterocycles. The molecule has 0 radical (unpaired) electrons. The van der Waals surface area contributed by atoms with E-state index in [1.165, 1.54) is 6.07 Å². The molecule has 7 heteroatoms. The first kappa shape index (κ1) is 18.5. The van der Waals surface area contributed by atoms with Gasteiger partial charge in [-0.3, -0.25) is 0 Å². The molecule has 0 aliphatic carbocycles. The molecule has 4 nitrogen and oxygen atoms in total. The Morgan fingerprint density at radius 1 is 1.33 bits per heavy atom. The lowest BCUT2D eigenvalue weighted by molar-refractivity contribution is 0.435. The van der Waals surface area contributed by atoms with Crippen molar-refractivity contribution in [3.63, 3.8) is 0 Å². The molecule has 1 atom stereocenters. The first-order valence-electron chi connectivity index (χ1n) is 6.87. The summed E-state index contributed by atoms with van der Waals surface area (Å²) >= 11 is 3.24. The van der Waals surface area contributed by atoms with E-state index in [1.807, 2.05) is 20.8 Å². The van der Waals surface area contributed by atoms with E-state index in [2.05, 4.69) is 26.0 Å². The molecule has 1 unspecified atom stereocenters. The van der Waals surface area contributed by atoms with Crippen molar-refractivity contribution < 1.29 is 12.8 Å². The van der Waals surface area contributed by atoms with Crippen LogP contribution < -0.4 is 10.0 Å². The fourth-order valence-electron chi connectivity index (χ4n) is 2.09. The molecule has 0 aliphatic rings. The van der Waals surface area contributed by atoms with E-state index in [-0.39, 0.29) is 23.4 Å². The summed E-state index contributed by atoms with van der Waals surface area (Å²) in [7, 11) is -2.21. The van der Waals surface area contributed by atoms with E-state index in [4.69, 9.17) is 0 Å². The van der Waals surface area contributed by atoms with Gasteiger partial charge in [-0.25, -0.2) is 17.5 Å². The molecule has 0 saturated carbocycles. The number of hydrogen-bond acceptors (Lipinski definition) is 3. The van der Waals surface area contributed by atoms with E-state index in [0.29, 0.717) is 16.5 Å². The van der Waals surface area contributed by atoms with Crippen LogP contribution in [0, 0.1) is 11.7 Å². The standard InChI is InChI=1S/C14H22BrFN2O2S/c1-5-12(9(2)3)18-21(19,20)13-7-11(15)6-10(8-17-4)14(13)16/h6-7,9,12,17-18H,5,8H2,1-4H3. The maximum absolute atomic E-state index is 14.4. The summed E-state index contributed by atoms with van der Waals surface area (Å²) < 4.78 is 42.4. The van der Waals surface area contributed by atoms with Crippen LogP contribution in [0.15, 0.2) is 21.5 Å². The molecule has 0 spiro atoms. The van der Waals surface area contributed by atoms with E-state index in [1.54, 1.807) is 13.1 Å². The summed E-state index contributed by atoms with van der Waals surface area (Å²) in [5.74, 6) is -0.574. The average Bonchev–Trinajstić information content (AvgIpc) is 2.39. The van der Waals surface area contributed by atoms with Crippen molar-refractivity contribution in [1.29, 1.82) is 0 Å². The van der Waals surface area contributed by atoms with Crippen LogP contribution in [0.1, 0.15) is 32.8 Å². The molecule has 120 valence electrons. The lowest BCUT2D eigenvalue weighted by Crippen LogP contribution is -2.38. The highest BCUT2D eigenvalue weighted by Gasteiger charge is 2.26. The van der Waals surface area contributed by atoms with Crippen LogP contribution in [0.25, 0.3) is 0 Å². The second-order valence-corrected chi connectivity index (χ2v) is 7.89. The van der Waals surface area contributed by atoms with Crippen molar-refractivity contribution >= 4 is 26.0 Å². The number of sulfonamides is 1. The first-order valence-corrected chi connectivity index (χ1v) is 9.15. The SMILES string of the molecule is CCC(NS(=O)(=O)c1cc(Br)cc(CNC)c1F)C(C)C.